The van der Waals surface area contributed by atoms with Crippen molar-refractivity contribution in [2.45, 2.75) is 49.0 Å². The summed E-state index contributed by atoms with van der Waals surface area (Å²) >= 11 is 5.65. The third-order valence-electron chi connectivity index (χ3n) is 6.41. The molecule has 0 aromatic heterocycles. The van der Waals surface area contributed by atoms with Gasteiger partial charge in [0.1, 0.15) is 11.6 Å². The van der Waals surface area contributed by atoms with Crippen LogP contribution in [-0.4, -0.2) is 60.4 Å². The summed E-state index contributed by atoms with van der Waals surface area (Å²) in [6.07, 6.45) is 4.27. The molecule has 1 aromatic rings. The molecular formula is C19H25ClFN5O2. The maximum atomic E-state index is 13.4. The number of amides is 1. The Bertz CT molecular complexity index is 774. The first-order valence-corrected chi connectivity index (χ1v) is 10.2. The molecule has 5 fully saturated rings. The van der Waals surface area contributed by atoms with Crippen LogP contribution in [0.3, 0.4) is 0 Å². The highest BCUT2D eigenvalue weighted by Crippen LogP contribution is 2.60. The lowest BCUT2D eigenvalue weighted by molar-refractivity contribution is -0.147. The van der Waals surface area contributed by atoms with E-state index in [-0.39, 0.29) is 28.6 Å². The Kier molecular flexibility index (Phi) is 4.52. The van der Waals surface area contributed by atoms with Gasteiger partial charge in [-0.3, -0.25) is 20.9 Å². The number of hydrazine groups is 1. The zero-order chi connectivity index (χ0) is 19.4. The molecule has 5 aliphatic rings. The summed E-state index contributed by atoms with van der Waals surface area (Å²) in [4.78, 5) is 12.2. The average Bonchev–Trinajstić information content (AvgIpc) is 3.09. The predicted octanol–water partition coefficient (Wildman–Crippen LogP) is 0.747. The Hall–Kier alpha value is -1.45. The molecule has 7 nitrogen and oxygen atoms in total. The Morgan fingerprint density at radius 2 is 2.14 bits per heavy atom. The molecule has 2 atom stereocenters. The molecule has 3 aliphatic carbocycles. The van der Waals surface area contributed by atoms with E-state index in [9.17, 15) is 9.18 Å². The first-order valence-electron chi connectivity index (χ1n) is 9.86. The molecule has 1 aromatic carbocycles. The smallest absolute Gasteiger partial charge is 0.258 e. The van der Waals surface area contributed by atoms with Gasteiger partial charge in [0, 0.05) is 36.8 Å². The predicted molar refractivity (Wildman–Crippen MR) is 102 cm³/mol. The summed E-state index contributed by atoms with van der Waals surface area (Å²) in [7, 11) is 0. The maximum absolute atomic E-state index is 13.4. The fourth-order valence-electron chi connectivity index (χ4n) is 5.30. The highest BCUT2D eigenvalue weighted by Gasteiger charge is 2.69. The van der Waals surface area contributed by atoms with Crippen LogP contribution in [0.5, 0.6) is 5.75 Å². The van der Waals surface area contributed by atoms with Crippen molar-refractivity contribution in [3.8, 4) is 5.75 Å². The van der Waals surface area contributed by atoms with E-state index in [2.05, 4.69) is 26.4 Å². The van der Waals surface area contributed by atoms with Gasteiger partial charge in [-0.1, -0.05) is 11.6 Å². The minimum Gasteiger partial charge on any atom is -0.484 e. The van der Waals surface area contributed by atoms with Gasteiger partial charge in [-0.25, -0.2) is 9.40 Å². The fraction of sp³-hybridized carbons (Fsp3) is 0.632. The van der Waals surface area contributed by atoms with Crippen LogP contribution in [0.15, 0.2) is 18.2 Å². The topological polar surface area (TPSA) is 77.7 Å². The normalized spacial score (nSPS) is 36.2. The molecule has 9 heteroatoms. The largest absolute Gasteiger partial charge is 0.484 e. The van der Waals surface area contributed by atoms with Gasteiger partial charge >= 0.3 is 0 Å². The van der Waals surface area contributed by atoms with Crippen LogP contribution in [0.4, 0.5) is 4.39 Å². The molecule has 2 aliphatic heterocycles. The monoisotopic (exact) mass is 409 g/mol. The zero-order valence-electron chi connectivity index (χ0n) is 15.6. The van der Waals surface area contributed by atoms with Gasteiger partial charge in [-0.15, -0.1) is 0 Å². The van der Waals surface area contributed by atoms with Crippen LogP contribution in [0.1, 0.15) is 25.7 Å². The Labute approximate surface area is 168 Å². The molecule has 2 unspecified atom stereocenters. The van der Waals surface area contributed by atoms with Gasteiger partial charge in [0.25, 0.3) is 5.91 Å². The number of carbonyl (C=O) groups excluding carboxylic acids is 1. The second kappa shape index (κ2) is 6.81. The molecule has 0 radical (unpaired) electrons. The molecule has 152 valence electrons. The van der Waals surface area contributed by atoms with Crippen LogP contribution < -0.4 is 26.1 Å². The Morgan fingerprint density at radius 3 is 2.93 bits per heavy atom. The molecule has 2 saturated heterocycles. The molecule has 2 heterocycles. The van der Waals surface area contributed by atoms with Gasteiger partial charge in [0.05, 0.1) is 17.2 Å². The van der Waals surface area contributed by atoms with Crippen molar-refractivity contribution < 1.29 is 13.9 Å². The van der Waals surface area contributed by atoms with E-state index < -0.39 is 5.82 Å². The second-order valence-corrected chi connectivity index (χ2v) is 8.94. The number of nitrogens with one attached hydrogen (secondary N) is 4. The van der Waals surface area contributed by atoms with Crippen molar-refractivity contribution in [3.05, 3.63) is 29.0 Å². The van der Waals surface area contributed by atoms with Crippen molar-refractivity contribution in [3.63, 3.8) is 0 Å². The van der Waals surface area contributed by atoms with Gasteiger partial charge in [-0.05, 0) is 37.8 Å². The summed E-state index contributed by atoms with van der Waals surface area (Å²) in [5.41, 5.74) is 3.47. The van der Waals surface area contributed by atoms with Crippen molar-refractivity contribution in [1.29, 1.82) is 0 Å². The van der Waals surface area contributed by atoms with E-state index in [1.165, 1.54) is 12.1 Å². The van der Waals surface area contributed by atoms with E-state index >= 15 is 0 Å². The highest BCUT2D eigenvalue weighted by atomic mass is 35.5. The van der Waals surface area contributed by atoms with Crippen LogP contribution in [0.25, 0.3) is 0 Å². The summed E-state index contributed by atoms with van der Waals surface area (Å²) < 4.78 is 18.8. The number of carbonyl (C=O) groups is 1. The molecule has 0 spiro atoms. The number of ether oxygens (including phenoxy) is 1. The lowest BCUT2D eigenvalue weighted by atomic mass is 9.44. The Morgan fingerprint density at radius 1 is 1.32 bits per heavy atom. The summed E-state index contributed by atoms with van der Waals surface area (Å²) in [6.45, 7) is 2.92. The molecule has 28 heavy (non-hydrogen) atoms. The van der Waals surface area contributed by atoms with Crippen LogP contribution in [-0.2, 0) is 4.79 Å². The third-order valence-corrected chi connectivity index (χ3v) is 6.72. The number of hydrogen-bond donors (Lipinski definition) is 4. The second-order valence-electron chi connectivity index (χ2n) is 8.54. The van der Waals surface area contributed by atoms with Gasteiger partial charge in [-0.2, -0.15) is 0 Å². The van der Waals surface area contributed by atoms with Crippen molar-refractivity contribution in [2.24, 2.45) is 0 Å². The number of fused-ring (bicyclic) bond motifs is 1. The third kappa shape index (κ3) is 3.27. The zero-order valence-corrected chi connectivity index (χ0v) is 16.3. The quantitative estimate of drug-likeness (QED) is 0.555. The van der Waals surface area contributed by atoms with Gasteiger partial charge < -0.3 is 10.1 Å². The highest BCUT2D eigenvalue weighted by molar-refractivity contribution is 6.30. The SMILES string of the molecule is O=C(COc1ccc(Cl)c(F)c1)NC12CC(NC3NCCN4NCCC34)(C1)C2. The van der Waals surface area contributed by atoms with E-state index in [0.29, 0.717) is 18.0 Å². The van der Waals surface area contributed by atoms with Crippen molar-refractivity contribution in [2.75, 3.05) is 26.2 Å². The number of rotatable bonds is 6. The van der Waals surface area contributed by atoms with Gasteiger partial charge in [0.2, 0.25) is 0 Å². The standard InChI is InChI=1S/C19H25ClFN5O2/c20-13-2-1-12(7-14(13)21)28-8-16(27)24-18-9-19(10-18,11-18)25-17-15-3-4-23-26(15)6-5-22-17/h1-2,7,15,17,22-23,25H,3-6,8-11H2,(H,24,27). The molecular weight excluding hydrogens is 385 g/mol. The maximum Gasteiger partial charge on any atom is 0.258 e. The van der Waals surface area contributed by atoms with Crippen molar-refractivity contribution in [1.82, 2.24) is 26.4 Å². The Balaban J connectivity index is 1.08. The van der Waals surface area contributed by atoms with Crippen LogP contribution in [0, 0.1) is 5.82 Å². The van der Waals surface area contributed by atoms with E-state index in [1.54, 1.807) is 6.07 Å². The minimum absolute atomic E-state index is 0.0347. The molecule has 1 amide bonds. The first kappa shape index (κ1) is 18.6. The molecule has 6 rings (SSSR count). The summed E-state index contributed by atoms with van der Waals surface area (Å²) in [5, 5.41) is 12.9. The summed E-state index contributed by atoms with van der Waals surface area (Å²) in [6, 6.07) is 4.65. The molecule has 4 N–H and O–H groups in total. The number of benzene rings is 1. The van der Waals surface area contributed by atoms with Crippen LogP contribution >= 0.6 is 11.6 Å². The molecule has 3 saturated carbocycles. The number of hydrogen-bond acceptors (Lipinski definition) is 6. The number of halogens is 2. The average molecular weight is 410 g/mol. The van der Waals surface area contributed by atoms with Gasteiger partial charge in [0.15, 0.2) is 6.61 Å². The van der Waals surface area contributed by atoms with E-state index in [0.717, 1.165) is 45.3 Å². The minimum atomic E-state index is -0.556. The number of nitrogens with zero attached hydrogens (tertiary/aromatic N) is 1. The molecule has 2 bridgehead atoms. The fourth-order valence-corrected chi connectivity index (χ4v) is 5.41. The van der Waals surface area contributed by atoms with Crippen molar-refractivity contribution >= 4 is 17.5 Å². The first-order chi connectivity index (χ1) is 13.5. The van der Waals surface area contributed by atoms with Crippen LogP contribution in [0.2, 0.25) is 5.02 Å². The lowest BCUT2D eigenvalue weighted by Crippen LogP contribution is -2.86. The van der Waals surface area contributed by atoms with E-state index in [4.69, 9.17) is 16.3 Å². The number of piperazine rings is 1. The lowest BCUT2D eigenvalue weighted by Gasteiger charge is -2.71. The summed E-state index contributed by atoms with van der Waals surface area (Å²) in [5.74, 6) is -0.434. The van der Waals surface area contributed by atoms with E-state index in [1.807, 2.05) is 0 Å².